The number of carbonyl (C=O) groups is 2. The molecule has 0 unspecified atom stereocenters. The molecule has 3 aromatic carbocycles. The van der Waals surface area contributed by atoms with Gasteiger partial charge in [-0.1, -0.05) is 84.2 Å². The van der Waals surface area contributed by atoms with Crippen LogP contribution in [0, 0.1) is 6.92 Å². The molecule has 1 saturated heterocycles. The first kappa shape index (κ1) is 21.5. The maximum absolute atomic E-state index is 13.5. The zero-order chi connectivity index (χ0) is 23.1. The van der Waals surface area contributed by atoms with Gasteiger partial charge in [-0.15, -0.1) is 0 Å². The zero-order valence-corrected chi connectivity index (χ0v) is 19.3. The van der Waals surface area contributed by atoms with Gasteiger partial charge in [0.15, 0.2) is 0 Å². The molecule has 0 saturated carbocycles. The highest BCUT2D eigenvalue weighted by Gasteiger charge is 2.45. The van der Waals surface area contributed by atoms with Gasteiger partial charge in [0.2, 0.25) is 0 Å². The Hall–Kier alpha value is -3.36. The summed E-state index contributed by atoms with van der Waals surface area (Å²) < 4.78 is 0.463. The van der Waals surface area contributed by atoms with Crippen molar-refractivity contribution in [1.29, 1.82) is 0 Å². The largest absolute Gasteiger partial charge is 0.507 e. The minimum absolute atomic E-state index is 0.0218. The van der Waals surface area contributed by atoms with Crippen LogP contribution < -0.4 is 0 Å². The van der Waals surface area contributed by atoms with Gasteiger partial charge in [0.05, 0.1) is 27.1 Å². The average Bonchev–Trinajstić information content (AvgIpc) is 3.35. The van der Waals surface area contributed by atoms with Crippen LogP contribution in [0.15, 0.2) is 86.3 Å². The lowest BCUT2D eigenvalue weighted by molar-refractivity contribution is -0.149. The minimum Gasteiger partial charge on any atom is -0.507 e. The third-order valence-electron chi connectivity index (χ3n) is 5.51. The molecule has 0 radical (unpaired) electrons. The summed E-state index contributed by atoms with van der Waals surface area (Å²) in [5, 5.41) is 23.8. The van der Waals surface area contributed by atoms with Crippen molar-refractivity contribution in [2.24, 2.45) is 0 Å². The Bertz CT molecular complexity index is 1230. The van der Waals surface area contributed by atoms with Gasteiger partial charge in [-0.3, -0.25) is 9.59 Å². The molecule has 0 aliphatic carbocycles. The Morgan fingerprint density at radius 2 is 1.24 bits per heavy atom. The summed E-state index contributed by atoms with van der Waals surface area (Å²) in [6.45, 7) is 2.21. The molecule has 33 heavy (non-hydrogen) atoms. The first-order chi connectivity index (χ1) is 15.9. The molecule has 0 aromatic heterocycles. The third kappa shape index (κ3) is 3.85. The molecule has 3 aromatic rings. The molecule has 2 heterocycles. The summed E-state index contributed by atoms with van der Waals surface area (Å²) in [4.78, 5) is 28.0. The zero-order valence-electron chi connectivity index (χ0n) is 17.7. The lowest BCUT2D eigenvalue weighted by atomic mass is 10.2. The lowest BCUT2D eigenvalue weighted by Crippen LogP contribution is -2.39. The van der Waals surface area contributed by atoms with E-state index in [0.29, 0.717) is 19.6 Å². The van der Waals surface area contributed by atoms with Crippen LogP contribution >= 0.6 is 23.5 Å². The number of amides is 2. The van der Waals surface area contributed by atoms with Crippen LogP contribution in [0.5, 0.6) is 11.5 Å². The van der Waals surface area contributed by atoms with Gasteiger partial charge >= 0.3 is 0 Å². The number of fused-ring (bicyclic) bond motifs is 1. The molecule has 2 amide bonds. The predicted octanol–water partition coefficient (Wildman–Crippen LogP) is 4.80. The molecule has 0 bridgehead atoms. The standard InChI is InChI=1S/C25H20N2O4S2/c1-15-12-18(28)21-22(20(15)29)33-25(32-21)19-23(30)26(13-16-8-4-2-5-9-16)27(24(19)31)14-17-10-6-3-7-11-17/h2-12,28-29H,13-14H2,1H3. The van der Waals surface area contributed by atoms with E-state index in [1.54, 1.807) is 6.92 Å². The van der Waals surface area contributed by atoms with E-state index < -0.39 is 11.8 Å². The molecule has 2 aliphatic heterocycles. The second-order valence-electron chi connectivity index (χ2n) is 7.78. The van der Waals surface area contributed by atoms with Crippen LogP contribution in [-0.4, -0.2) is 32.0 Å². The highest BCUT2D eigenvalue weighted by Crippen LogP contribution is 2.59. The third-order valence-corrected chi connectivity index (χ3v) is 8.14. The number of hydrogen-bond donors (Lipinski definition) is 2. The van der Waals surface area contributed by atoms with Crippen molar-refractivity contribution in [2.75, 3.05) is 0 Å². The van der Waals surface area contributed by atoms with Crippen molar-refractivity contribution in [1.82, 2.24) is 10.0 Å². The van der Waals surface area contributed by atoms with E-state index in [1.807, 2.05) is 60.7 Å². The Labute approximate surface area is 199 Å². The van der Waals surface area contributed by atoms with Gasteiger partial charge in [0.25, 0.3) is 11.8 Å². The molecular formula is C25H20N2O4S2. The number of phenols is 2. The van der Waals surface area contributed by atoms with Crippen LogP contribution in [0.4, 0.5) is 0 Å². The minimum atomic E-state index is -0.390. The van der Waals surface area contributed by atoms with Crippen molar-refractivity contribution in [2.45, 2.75) is 29.8 Å². The van der Waals surface area contributed by atoms with Crippen molar-refractivity contribution in [3.8, 4) is 11.5 Å². The number of nitrogens with zero attached hydrogens (tertiary/aromatic N) is 2. The number of aromatic hydroxyl groups is 2. The fourth-order valence-electron chi connectivity index (χ4n) is 3.81. The summed E-state index contributed by atoms with van der Waals surface area (Å²) in [7, 11) is 0. The van der Waals surface area contributed by atoms with E-state index in [-0.39, 0.29) is 30.2 Å². The van der Waals surface area contributed by atoms with Crippen LogP contribution in [-0.2, 0) is 22.7 Å². The van der Waals surface area contributed by atoms with Gasteiger partial charge < -0.3 is 10.2 Å². The Kier molecular flexibility index (Phi) is 5.55. The van der Waals surface area contributed by atoms with E-state index in [1.165, 1.54) is 16.1 Å². The van der Waals surface area contributed by atoms with Crippen LogP contribution in [0.25, 0.3) is 0 Å². The van der Waals surface area contributed by atoms with E-state index >= 15 is 0 Å². The monoisotopic (exact) mass is 476 g/mol. The van der Waals surface area contributed by atoms with E-state index in [4.69, 9.17) is 0 Å². The molecule has 0 spiro atoms. The van der Waals surface area contributed by atoms with Crippen LogP contribution in [0.1, 0.15) is 16.7 Å². The molecule has 2 aliphatic rings. The summed E-state index contributed by atoms with van der Waals surface area (Å²) in [6, 6.07) is 20.5. The number of benzene rings is 3. The second-order valence-corrected chi connectivity index (χ2v) is 10.1. The van der Waals surface area contributed by atoms with Crippen molar-refractivity contribution in [3.05, 3.63) is 93.2 Å². The van der Waals surface area contributed by atoms with Crippen LogP contribution in [0.3, 0.4) is 0 Å². The normalized spacial score (nSPS) is 15.5. The molecule has 8 heteroatoms. The van der Waals surface area contributed by atoms with Gasteiger partial charge in [0, 0.05) is 0 Å². The first-order valence-corrected chi connectivity index (χ1v) is 11.9. The lowest BCUT2D eigenvalue weighted by Gasteiger charge is -2.27. The summed E-state index contributed by atoms with van der Waals surface area (Å²) in [5.74, 6) is -0.707. The number of thioether (sulfide) groups is 2. The van der Waals surface area contributed by atoms with Gasteiger partial charge in [-0.25, -0.2) is 10.0 Å². The number of hydrazine groups is 1. The summed E-state index contributed by atoms with van der Waals surface area (Å²) in [6.07, 6.45) is 0. The van der Waals surface area contributed by atoms with Crippen molar-refractivity contribution >= 4 is 35.3 Å². The van der Waals surface area contributed by atoms with Gasteiger partial charge in [-0.2, -0.15) is 0 Å². The van der Waals surface area contributed by atoms with Crippen LogP contribution in [0.2, 0.25) is 0 Å². The fraction of sp³-hybridized carbons (Fsp3) is 0.120. The maximum Gasteiger partial charge on any atom is 0.280 e. The molecule has 2 N–H and O–H groups in total. The summed E-state index contributed by atoms with van der Waals surface area (Å²) in [5.41, 5.74) is 2.41. The number of phenolic OH excluding ortho intramolecular Hbond substituents is 2. The van der Waals surface area contributed by atoms with Gasteiger partial charge in [-0.05, 0) is 29.7 Å². The topological polar surface area (TPSA) is 81.1 Å². The highest BCUT2D eigenvalue weighted by atomic mass is 32.2. The average molecular weight is 477 g/mol. The molecule has 6 nitrogen and oxygen atoms in total. The van der Waals surface area contributed by atoms with Crippen molar-refractivity contribution in [3.63, 3.8) is 0 Å². The second kappa shape index (κ2) is 8.53. The van der Waals surface area contributed by atoms with E-state index in [2.05, 4.69) is 0 Å². The van der Waals surface area contributed by atoms with Gasteiger partial charge in [0.1, 0.15) is 17.1 Å². The Morgan fingerprint density at radius 3 is 1.76 bits per heavy atom. The smallest absolute Gasteiger partial charge is 0.280 e. The SMILES string of the molecule is Cc1cc(O)c2c(c1O)SC(=C1C(=O)N(Cc3ccccc3)N(Cc3ccccc3)C1=O)S2. The number of carbonyl (C=O) groups excluding carboxylic acids is 2. The summed E-state index contributed by atoms with van der Waals surface area (Å²) >= 11 is 2.29. The van der Waals surface area contributed by atoms with E-state index in [9.17, 15) is 19.8 Å². The molecular weight excluding hydrogens is 456 g/mol. The van der Waals surface area contributed by atoms with Crippen molar-refractivity contribution < 1.29 is 19.8 Å². The molecule has 1 fully saturated rings. The molecule has 0 atom stereocenters. The quantitative estimate of drug-likeness (QED) is 0.320. The molecule has 5 rings (SSSR count). The fourth-order valence-corrected chi connectivity index (χ4v) is 6.46. The Balaban J connectivity index is 1.55. The predicted molar refractivity (Wildman–Crippen MR) is 127 cm³/mol. The first-order valence-electron chi connectivity index (χ1n) is 10.3. The highest BCUT2D eigenvalue weighted by molar-refractivity contribution is 8.25. The number of aryl methyl sites for hydroxylation is 1. The molecule has 166 valence electrons. The maximum atomic E-state index is 13.5. The number of hydrogen-bond acceptors (Lipinski definition) is 6. The van der Waals surface area contributed by atoms with E-state index in [0.717, 1.165) is 34.7 Å². The Morgan fingerprint density at radius 1 is 0.758 bits per heavy atom. The number of rotatable bonds is 4.